The number of carboxylic acid groups (broad SMARTS) is 1. The SMILES string of the molecule is O=C(O)[C@@H]1CN(c2ccn3ncc(-c4cccnc4OC4CC4)c3n2)CCN1. The van der Waals surface area contributed by atoms with Crippen LogP contribution in [0.5, 0.6) is 5.88 Å². The van der Waals surface area contributed by atoms with Gasteiger partial charge in [0.15, 0.2) is 5.65 Å². The van der Waals surface area contributed by atoms with Gasteiger partial charge in [0, 0.05) is 37.6 Å². The van der Waals surface area contributed by atoms with Gasteiger partial charge in [0.1, 0.15) is 18.0 Å². The van der Waals surface area contributed by atoms with Gasteiger partial charge < -0.3 is 20.1 Å². The number of aliphatic carboxylic acids is 1. The number of pyridine rings is 1. The molecule has 2 aliphatic rings. The number of hydrogen-bond acceptors (Lipinski definition) is 7. The number of carboxylic acids is 1. The minimum Gasteiger partial charge on any atom is -0.480 e. The Morgan fingerprint density at radius 1 is 1.29 bits per heavy atom. The minimum atomic E-state index is -0.854. The number of ether oxygens (including phenoxy) is 1. The van der Waals surface area contributed by atoms with E-state index in [0.29, 0.717) is 31.2 Å². The summed E-state index contributed by atoms with van der Waals surface area (Å²) in [5, 5.41) is 16.7. The Morgan fingerprint density at radius 3 is 3.00 bits per heavy atom. The molecule has 5 rings (SSSR count). The van der Waals surface area contributed by atoms with Crippen LogP contribution in [0.25, 0.3) is 16.8 Å². The molecule has 144 valence electrons. The van der Waals surface area contributed by atoms with E-state index in [0.717, 1.165) is 29.8 Å². The maximum atomic E-state index is 11.3. The fourth-order valence-electron chi connectivity index (χ4n) is 3.38. The molecule has 0 radical (unpaired) electrons. The van der Waals surface area contributed by atoms with Crippen molar-refractivity contribution in [2.75, 3.05) is 24.5 Å². The number of aromatic nitrogens is 4. The molecule has 2 N–H and O–H groups in total. The lowest BCUT2D eigenvalue weighted by Crippen LogP contribution is -2.54. The zero-order valence-corrected chi connectivity index (χ0v) is 15.2. The van der Waals surface area contributed by atoms with E-state index in [1.807, 2.05) is 29.3 Å². The topological polar surface area (TPSA) is 105 Å². The second-order valence-corrected chi connectivity index (χ2v) is 7.08. The second kappa shape index (κ2) is 6.75. The molecule has 3 aromatic rings. The summed E-state index contributed by atoms with van der Waals surface area (Å²) in [6.07, 6.45) is 7.69. The molecule has 9 nitrogen and oxygen atoms in total. The monoisotopic (exact) mass is 380 g/mol. The molecule has 28 heavy (non-hydrogen) atoms. The molecular formula is C19H20N6O3. The summed E-state index contributed by atoms with van der Waals surface area (Å²) >= 11 is 0. The van der Waals surface area contributed by atoms with Gasteiger partial charge in [-0.1, -0.05) is 0 Å². The number of nitrogens with zero attached hydrogens (tertiary/aromatic N) is 5. The first-order valence-corrected chi connectivity index (χ1v) is 9.36. The second-order valence-electron chi connectivity index (χ2n) is 7.08. The molecule has 4 heterocycles. The van der Waals surface area contributed by atoms with Gasteiger partial charge >= 0.3 is 5.97 Å². The van der Waals surface area contributed by atoms with Crippen LogP contribution in [0.3, 0.4) is 0 Å². The van der Waals surface area contributed by atoms with Gasteiger partial charge in [0.05, 0.1) is 11.8 Å². The van der Waals surface area contributed by atoms with Crippen molar-refractivity contribution in [3.05, 3.63) is 36.8 Å². The Hall–Kier alpha value is -3.20. The normalized spacial score (nSPS) is 19.7. The number of rotatable bonds is 5. The average Bonchev–Trinajstić information content (AvgIpc) is 3.44. The van der Waals surface area contributed by atoms with Crippen molar-refractivity contribution in [3.8, 4) is 17.0 Å². The molecule has 1 aliphatic carbocycles. The molecule has 1 aliphatic heterocycles. The summed E-state index contributed by atoms with van der Waals surface area (Å²) in [7, 11) is 0. The van der Waals surface area contributed by atoms with E-state index in [-0.39, 0.29) is 6.10 Å². The van der Waals surface area contributed by atoms with Crippen molar-refractivity contribution < 1.29 is 14.6 Å². The lowest BCUT2D eigenvalue weighted by atomic mass is 10.1. The van der Waals surface area contributed by atoms with Gasteiger partial charge in [-0.2, -0.15) is 5.10 Å². The third-order valence-electron chi connectivity index (χ3n) is 5.02. The molecule has 3 aromatic heterocycles. The smallest absolute Gasteiger partial charge is 0.322 e. The molecule has 1 atom stereocenters. The first-order valence-electron chi connectivity index (χ1n) is 9.36. The van der Waals surface area contributed by atoms with Gasteiger partial charge in [0.25, 0.3) is 0 Å². The number of piperazine rings is 1. The van der Waals surface area contributed by atoms with Gasteiger partial charge in [-0.05, 0) is 31.0 Å². The van der Waals surface area contributed by atoms with Crippen molar-refractivity contribution in [2.24, 2.45) is 0 Å². The Kier molecular flexibility index (Phi) is 4.09. The maximum absolute atomic E-state index is 11.3. The van der Waals surface area contributed by atoms with Crippen LogP contribution >= 0.6 is 0 Å². The fraction of sp³-hybridized carbons (Fsp3) is 0.368. The highest BCUT2D eigenvalue weighted by atomic mass is 16.5. The van der Waals surface area contributed by atoms with Crippen LogP contribution < -0.4 is 15.0 Å². The Bertz CT molecular complexity index is 1030. The van der Waals surface area contributed by atoms with E-state index in [4.69, 9.17) is 9.72 Å². The summed E-state index contributed by atoms with van der Waals surface area (Å²) < 4.78 is 7.67. The Morgan fingerprint density at radius 2 is 2.18 bits per heavy atom. The van der Waals surface area contributed by atoms with Crippen LogP contribution in [-0.2, 0) is 4.79 Å². The van der Waals surface area contributed by atoms with Gasteiger partial charge in [0.2, 0.25) is 5.88 Å². The molecule has 2 fully saturated rings. The van der Waals surface area contributed by atoms with E-state index in [1.54, 1.807) is 16.9 Å². The van der Waals surface area contributed by atoms with E-state index >= 15 is 0 Å². The third-order valence-corrected chi connectivity index (χ3v) is 5.02. The largest absolute Gasteiger partial charge is 0.480 e. The fourth-order valence-corrected chi connectivity index (χ4v) is 3.38. The van der Waals surface area contributed by atoms with Crippen LogP contribution in [0.15, 0.2) is 36.8 Å². The number of nitrogens with one attached hydrogen (secondary N) is 1. The van der Waals surface area contributed by atoms with Crippen LogP contribution in [0.2, 0.25) is 0 Å². The molecule has 0 amide bonds. The Labute approximate surface area is 161 Å². The first-order chi connectivity index (χ1) is 13.7. The number of carbonyl (C=O) groups is 1. The Balaban J connectivity index is 1.52. The summed E-state index contributed by atoms with van der Waals surface area (Å²) in [6, 6.07) is 5.09. The van der Waals surface area contributed by atoms with Crippen molar-refractivity contribution in [1.82, 2.24) is 24.9 Å². The van der Waals surface area contributed by atoms with Crippen LogP contribution in [0.4, 0.5) is 5.82 Å². The average molecular weight is 380 g/mol. The molecule has 0 aromatic carbocycles. The van der Waals surface area contributed by atoms with Crippen molar-refractivity contribution in [3.63, 3.8) is 0 Å². The molecule has 0 bridgehead atoms. The van der Waals surface area contributed by atoms with E-state index in [9.17, 15) is 9.90 Å². The lowest BCUT2D eigenvalue weighted by Gasteiger charge is -2.32. The zero-order valence-electron chi connectivity index (χ0n) is 15.2. The summed E-state index contributed by atoms with van der Waals surface area (Å²) in [6.45, 7) is 1.65. The van der Waals surface area contributed by atoms with Gasteiger partial charge in [-0.15, -0.1) is 0 Å². The number of fused-ring (bicyclic) bond motifs is 1. The third kappa shape index (κ3) is 3.13. The zero-order chi connectivity index (χ0) is 19.1. The highest BCUT2D eigenvalue weighted by Gasteiger charge is 2.27. The minimum absolute atomic E-state index is 0.243. The molecule has 1 saturated heterocycles. The standard InChI is InChI=1S/C19H20N6O3/c26-19(27)15-11-24(9-7-20-15)16-5-8-25-17(23-16)14(10-22-25)13-2-1-6-21-18(13)28-12-3-4-12/h1-2,5-6,8,10,12,15,20H,3-4,7,9,11H2,(H,26,27)/t15-/m0/s1. The predicted molar refractivity (Wildman–Crippen MR) is 102 cm³/mol. The van der Waals surface area contributed by atoms with E-state index in [2.05, 4.69) is 15.4 Å². The van der Waals surface area contributed by atoms with Gasteiger partial charge in [-0.25, -0.2) is 14.5 Å². The molecule has 0 unspecified atom stereocenters. The molecular weight excluding hydrogens is 360 g/mol. The first kappa shape index (κ1) is 16.9. The van der Waals surface area contributed by atoms with Crippen molar-refractivity contribution >= 4 is 17.4 Å². The van der Waals surface area contributed by atoms with Crippen LogP contribution in [0.1, 0.15) is 12.8 Å². The predicted octanol–water partition coefficient (Wildman–Crippen LogP) is 1.20. The van der Waals surface area contributed by atoms with E-state index in [1.165, 1.54) is 0 Å². The number of hydrogen-bond donors (Lipinski definition) is 2. The lowest BCUT2D eigenvalue weighted by molar-refractivity contribution is -0.139. The van der Waals surface area contributed by atoms with Crippen molar-refractivity contribution in [2.45, 2.75) is 25.0 Å². The van der Waals surface area contributed by atoms with Crippen LogP contribution in [0, 0.1) is 0 Å². The number of anilines is 1. The quantitative estimate of drug-likeness (QED) is 0.680. The van der Waals surface area contributed by atoms with E-state index < -0.39 is 12.0 Å². The highest BCUT2D eigenvalue weighted by molar-refractivity contribution is 5.81. The summed E-state index contributed by atoms with van der Waals surface area (Å²) in [5.74, 6) is 0.476. The highest BCUT2D eigenvalue weighted by Crippen LogP contribution is 2.34. The summed E-state index contributed by atoms with van der Waals surface area (Å²) in [4.78, 5) is 22.5. The summed E-state index contributed by atoms with van der Waals surface area (Å²) in [5.41, 5.74) is 2.39. The maximum Gasteiger partial charge on any atom is 0.322 e. The van der Waals surface area contributed by atoms with Crippen LogP contribution in [-0.4, -0.2) is 62.4 Å². The molecule has 0 spiro atoms. The van der Waals surface area contributed by atoms with Gasteiger partial charge in [-0.3, -0.25) is 4.79 Å². The van der Waals surface area contributed by atoms with Crippen molar-refractivity contribution in [1.29, 1.82) is 0 Å². The molecule has 9 heteroatoms. The molecule has 1 saturated carbocycles.